The predicted molar refractivity (Wildman–Crippen MR) is 115 cm³/mol. The molecule has 1 aliphatic carbocycles. The van der Waals surface area contributed by atoms with E-state index in [2.05, 4.69) is 6.92 Å². The van der Waals surface area contributed by atoms with E-state index in [9.17, 15) is 14.7 Å². The molecule has 1 aromatic heterocycles. The highest BCUT2D eigenvalue weighted by atomic mass is 16.5. The van der Waals surface area contributed by atoms with E-state index in [1.807, 2.05) is 6.92 Å². The monoisotopic (exact) mass is 437 g/mol. The Bertz CT molecular complexity index is 1070. The number of furan rings is 1. The average molecular weight is 437 g/mol. The highest BCUT2D eigenvalue weighted by molar-refractivity contribution is 6.11. The number of phenols is 1. The zero-order valence-electron chi connectivity index (χ0n) is 18.2. The zero-order chi connectivity index (χ0) is 22.4. The number of phenolic OH excluding ortho intramolecular Hbond substituents is 1. The molecule has 168 valence electrons. The van der Waals surface area contributed by atoms with Crippen LogP contribution in [0.15, 0.2) is 52.3 Å². The van der Waals surface area contributed by atoms with Gasteiger partial charge in [0.1, 0.15) is 11.9 Å². The molecule has 3 aliphatic rings. The summed E-state index contributed by atoms with van der Waals surface area (Å²) in [5.74, 6) is 1.00. The van der Waals surface area contributed by atoms with E-state index in [1.165, 1.54) is 6.07 Å². The number of ketones is 1. The molecule has 0 bridgehead atoms. The summed E-state index contributed by atoms with van der Waals surface area (Å²) < 4.78 is 17.3. The van der Waals surface area contributed by atoms with Crippen LogP contribution in [0.25, 0.3) is 0 Å². The summed E-state index contributed by atoms with van der Waals surface area (Å²) in [7, 11) is 0. The van der Waals surface area contributed by atoms with Crippen LogP contribution in [0.1, 0.15) is 50.5 Å². The fourth-order valence-corrected chi connectivity index (χ4v) is 5.18. The van der Waals surface area contributed by atoms with Gasteiger partial charge in [-0.15, -0.1) is 0 Å². The molecule has 1 amide bonds. The van der Waals surface area contributed by atoms with Crippen LogP contribution in [0.2, 0.25) is 0 Å². The molecule has 1 fully saturated rings. The lowest BCUT2D eigenvalue weighted by molar-refractivity contribution is -0.136. The Morgan fingerprint density at radius 2 is 2.06 bits per heavy atom. The molecule has 0 spiro atoms. The third kappa shape index (κ3) is 3.36. The summed E-state index contributed by atoms with van der Waals surface area (Å²) in [5, 5.41) is 10.2. The smallest absolute Gasteiger partial charge is 0.290 e. The second-order valence-electron chi connectivity index (χ2n) is 8.86. The Kier molecular flexibility index (Phi) is 5.19. The Balaban J connectivity index is 1.59. The average Bonchev–Trinajstić information content (AvgIpc) is 3.38. The molecule has 5 rings (SSSR count). The van der Waals surface area contributed by atoms with Crippen molar-refractivity contribution in [2.45, 2.75) is 51.8 Å². The van der Waals surface area contributed by atoms with Crippen molar-refractivity contribution in [2.24, 2.45) is 11.8 Å². The number of hydrogen-bond donors (Lipinski definition) is 1. The van der Waals surface area contributed by atoms with E-state index in [1.54, 1.807) is 35.4 Å². The molecule has 2 aromatic rings. The molecule has 1 N–H and O–H groups in total. The van der Waals surface area contributed by atoms with Gasteiger partial charge in [-0.2, -0.15) is 0 Å². The molecular weight excluding hydrogens is 410 g/mol. The summed E-state index contributed by atoms with van der Waals surface area (Å²) >= 11 is 0. The van der Waals surface area contributed by atoms with Crippen LogP contribution >= 0.6 is 0 Å². The number of fused-ring (bicyclic) bond motifs is 1. The molecule has 3 heterocycles. The van der Waals surface area contributed by atoms with Gasteiger partial charge in [0.25, 0.3) is 5.91 Å². The molecule has 0 radical (unpaired) electrons. The molecule has 7 nitrogen and oxygen atoms in total. The maximum atomic E-state index is 13.7. The molecule has 32 heavy (non-hydrogen) atoms. The number of carbonyl (C=O) groups excluding carboxylic acids is 2. The lowest BCUT2D eigenvalue weighted by Gasteiger charge is -2.37. The van der Waals surface area contributed by atoms with Crippen molar-refractivity contribution < 1.29 is 28.6 Å². The first-order valence-corrected chi connectivity index (χ1v) is 11.2. The van der Waals surface area contributed by atoms with Crippen molar-refractivity contribution in [2.75, 3.05) is 6.61 Å². The fourth-order valence-electron chi connectivity index (χ4n) is 5.18. The molecule has 2 aliphatic heterocycles. The number of aromatic hydroxyl groups is 1. The number of benzene rings is 1. The highest BCUT2D eigenvalue weighted by Gasteiger charge is 2.52. The number of nitrogens with zero attached hydrogens (tertiary/aromatic N) is 1. The van der Waals surface area contributed by atoms with E-state index in [-0.39, 0.29) is 41.8 Å². The largest absolute Gasteiger partial charge is 0.504 e. The van der Waals surface area contributed by atoms with Crippen molar-refractivity contribution in [3.63, 3.8) is 0 Å². The van der Waals surface area contributed by atoms with Gasteiger partial charge in [-0.25, -0.2) is 0 Å². The second-order valence-corrected chi connectivity index (χ2v) is 8.86. The van der Waals surface area contributed by atoms with E-state index < -0.39 is 6.04 Å². The predicted octanol–water partition coefficient (Wildman–Crippen LogP) is 4.13. The van der Waals surface area contributed by atoms with Gasteiger partial charge < -0.3 is 23.9 Å². The highest BCUT2D eigenvalue weighted by Crippen LogP contribution is 2.48. The Morgan fingerprint density at radius 1 is 1.22 bits per heavy atom. The minimum Gasteiger partial charge on any atom is -0.504 e. The van der Waals surface area contributed by atoms with Gasteiger partial charge in [0.15, 0.2) is 23.0 Å². The number of carbonyl (C=O) groups is 2. The number of hydrogen-bond acceptors (Lipinski definition) is 6. The first kappa shape index (κ1) is 20.7. The van der Waals surface area contributed by atoms with E-state index >= 15 is 0 Å². The summed E-state index contributed by atoms with van der Waals surface area (Å²) in [6.07, 6.45) is 3.84. The first-order valence-electron chi connectivity index (χ1n) is 11.2. The number of ether oxygens (including phenoxy) is 2. The Morgan fingerprint density at radius 3 is 2.81 bits per heavy atom. The van der Waals surface area contributed by atoms with Crippen molar-refractivity contribution in [3.8, 4) is 11.5 Å². The standard InChI is InChI=1S/C25H27NO6/c1-3-30-20-12-15(7-8-18(20)27)22-21-23(28)17-11-14(2)6-9-19(17)32-24(21)25(29)26(22)13-16-5-4-10-31-16/h4-5,7-8,10,12,14,17,19,22,27H,3,6,9,11,13H2,1-2H3. The third-order valence-electron chi connectivity index (χ3n) is 6.71. The lowest BCUT2D eigenvalue weighted by atomic mass is 9.74. The zero-order valence-corrected chi connectivity index (χ0v) is 18.2. The van der Waals surface area contributed by atoms with Gasteiger partial charge in [-0.1, -0.05) is 13.0 Å². The maximum absolute atomic E-state index is 13.7. The van der Waals surface area contributed by atoms with Crippen LogP contribution in [0.4, 0.5) is 0 Å². The Labute approximate surface area is 186 Å². The van der Waals surface area contributed by atoms with Gasteiger partial charge in [0.2, 0.25) is 0 Å². The first-order chi connectivity index (χ1) is 15.5. The number of amides is 1. The maximum Gasteiger partial charge on any atom is 0.290 e. The van der Waals surface area contributed by atoms with Crippen LogP contribution < -0.4 is 4.74 Å². The topological polar surface area (TPSA) is 89.2 Å². The van der Waals surface area contributed by atoms with Crippen LogP contribution in [-0.2, 0) is 20.9 Å². The van der Waals surface area contributed by atoms with Gasteiger partial charge in [0, 0.05) is 0 Å². The molecule has 4 unspecified atom stereocenters. The number of rotatable bonds is 5. The van der Waals surface area contributed by atoms with Crippen molar-refractivity contribution in [1.29, 1.82) is 0 Å². The summed E-state index contributed by atoms with van der Waals surface area (Å²) in [5.41, 5.74) is 1.10. The molecule has 0 saturated heterocycles. The minimum absolute atomic E-state index is 0.00544. The Hall–Kier alpha value is -3.22. The van der Waals surface area contributed by atoms with Crippen LogP contribution in [0.3, 0.4) is 0 Å². The van der Waals surface area contributed by atoms with Crippen molar-refractivity contribution in [3.05, 3.63) is 59.3 Å². The molecule has 1 aromatic carbocycles. The van der Waals surface area contributed by atoms with E-state index in [0.29, 0.717) is 35.2 Å². The third-order valence-corrected chi connectivity index (χ3v) is 6.71. The molecular formula is C25H27NO6. The van der Waals surface area contributed by atoms with Gasteiger partial charge in [0.05, 0.1) is 36.9 Å². The van der Waals surface area contributed by atoms with E-state index in [0.717, 1.165) is 19.3 Å². The van der Waals surface area contributed by atoms with Crippen LogP contribution in [-0.4, -0.2) is 34.4 Å². The van der Waals surface area contributed by atoms with Gasteiger partial charge in [-0.3, -0.25) is 9.59 Å². The van der Waals surface area contributed by atoms with Gasteiger partial charge in [-0.05, 0) is 61.9 Å². The normalized spacial score (nSPS) is 27.2. The SMILES string of the molecule is CCOc1cc(C2C3=C(OC4CCC(C)CC4C3=O)C(=O)N2Cc2ccco2)ccc1O. The quantitative estimate of drug-likeness (QED) is 0.757. The van der Waals surface area contributed by atoms with Crippen molar-refractivity contribution in [1.82, 2.24) is 4.90 Å². The molecule has 1 saturated carbocycles. The molecule has 4 atom stereocenters. The fraction of sp³-hybridized carbons (Fsp3) is 0.440. The van der Waals surface area contributed by atoms with Crippen LogP contribution in [0, 0.1) is 11.8 Å². The number of Topliss-reactive ketones (excluding diaryl/α,β-unsaturated/α-hetero) is 1. The lowest BCUT2D eigenvalue weighted by Crippen LogP contribution is -2.41. The van der Waals surface area contributed by atoms with E-state index in [4.69, 9.17) is 13.9 Å². The minimum atomic E-state index is -0.631. The van der Waals surface area contributed by atoms with Crippen LogP contribution in [0.5, 0.6) is 11.5 Å². The summed E-state index contributed by atoms with van der Waals surface area (Å²) in [4.78, 5) is 28.8. The van der Waals surface area contributed by atoms with Crippen molar-refractivity contribution >= 4 is 11.7 Å². The molecule has 7 heteroatoms. The summed E-state index contributed by atoms with van der Waals surface area (Å²) in [6.45, 7) is 4.57. The van der Waals surface area contributed by atoms with Gasteiger partial charge >= 0.3 is 0 Å². The second kappa shape index (κ2) is 8.04. The summed E-state index contributed by atoms with van der Waals surface area (Å²) in [6, 6.07) is 7.90.